The van der Waals surface area contributed by atoms with Gasteiger partial charge in [-0.1, -0.05) is 15.9 Å². The fourth-order valence-electron chi connectivity index (χ4n) is 2.63. The third kappa shape index (κ3) is 2.96. The number of fused-ring (bicyclic) bond motifs is 2. The Morgan fingerprint density at radius 3 is 2.76 bits per heavy atom. The van der Waals surface area contributed by atoms with Crippen LogP contribution in [0.5, 0.6) is 11.5 Å². The summed E-state index contributed by atoms with van der Waals surface area (Å²) in [5, 5.41) is 1.69. The Morgan fingerprint density at radius 2 is 1.96 bits per heavy atom. The SMILES string of the molecule is Nc1c(=O)[nH]c(SCc2cc3c(cc2Br)OCO3)c2cc(F)ccc12. The molecule has 0 radical (unpaired) electrons. The standard InChI is InChI=1S/C17H12BrFN2O3S/c18-12-5-14-13(23-7-24-14)3-8(12)6-25-17-11-4-9(19)1-2-10(11)15(20)16(22)21-17/h1-5H,6-7,20H2,(H,21,22). The van der Waals surface area contributed by atoms with Gasteiger partial charge in [0.25, 0.3) is 5.56 Å². The minimum absolute atomic E-state index is 0.0867. The zero-order chi connectivity index (χ0) is 17.6. The molecule has 8 heteroatoms. The maximum atomic E-state index is 13.6. The molecule has 2 heterocycles. The van der Waals surface area contributed by atoms with Gasteiger partial charge in [0.05, 0.1) is 5.03 Å². The van der Waals surface area contributed by atoms with Crippen molar-refractivity contribution in [3.05, 3.63) is 56.5 Å². The summed E-state index contributed by atoms with van der Waals surface area (Å²) in [6, 6.07) is 7.93. The molecule has 0 spiro atoms. The van der Waals surface area contributed by atoms with Crippen LogP contribution in [0.1, 0.15) is 5.56 Å². The van der Waals surface area contributed by atoms with Crippen molar-refractivity contribution in [3.63, 3.8) is 0 Å². The first-order valence-electron chi connectivity index (χ1n) is 7.35. The first-order chi connectivity index (χ1) is 12.0. The molecular weight excluding hydrogens is 411 g/mol. The minimum Gasteiger partial charge on any atom is -0.454 e. The zero-order valence-corrected chi connectivity index (χ0v) is 15.2. The van der Waals surface area contributed by atoms with Crippen LogP contribution in [-0.4, -0.2) is 11.8 Å². The molecule has 4 rings (SSSR count). The molecule has 3 N–H and O–H groups in total. The lowest BCUT2D eigenvalue weighted by Crippen LogP contribution is -2.13. The van der Waals surface area contributed by atoms with Crippen LogP contribution in [0, 0.1) is 5.82 Å². The molecule has 0 saturated heterocycles. The topological polar surface area (TPSA) is 77.3 Å². The number of nitrogens with one attached hydrogen (secondary N) is 1. The monoisotopic (exact) mass is 422 g/mol. The average Bonchev–Trinajstić information content (AvgIpc) is 3.03. The van der Waals surface area contributed by atoms with Crippen LogP contribution in [0.4, 0.5) is 10.1 Å². The van der Waals surface area contributed by atoms with Gasteiger partial charge in [-0.15, -0.1) is 11.8 Å². The van der Waals surface area contributed by atoms with Gasteiger partial charge >= 0.3 is 0 Å². The minimum atomic E-state index is -0.384. The van der Waals surface area contributed by atoms with Gasteiger partial charge in [-0.05, 0) is 35.9 Å². The fraction of sp³-hybridized carbons (Fsp3) is 0.118. The number of aromatic nitrogens is 1. The normalized spacial score (nSPS) is 12.7. The summed E-state index contributed by atoms with van der Waals surface area (Å²) < 4.78 is 25.2. The van der Waals surface area contributed by atoms with Crippen molar-refractivity contribution >= 4 is 44.2 Å². The molecular formula is C17H12BrFN2O3S. The number of aromatic amines is 1. The third-order valence-corrected chi connectivity index (χ3v) is 5.71. The molecule has 0 amide bonds. The molecule has 0 saturated carbocycles. The van der Waals surface area contributed by atoms with E-state index in [1.807, 2.05) is 12.1 Å². The van der Waals surface area contributed by atoms with E-state index in [0.29, 0.717) is 33.1 Å². The molecule has 3 aromatic rings. The molecule has 1 aliphatic rings. The van der Waals surface area contributed by atoms with Crippen molar-refractivity contribution in [1.29, 1.82) is 0 Å². The highest BCUT2D eigenvalue weighted by Crippen LogP contribution is 2.39. The smallest absolute Gasteiger partial charge is 0.272 e. The Bertz CT molecular complexity index is 1050. The van der Waals surface area contributed by atoms with Crippen molar-refractivity contribution < 1.29 is 13.9 Å². The van der Waals surface area contributed by atoms with Gasteiger partial charge < -0.3 is 20.2 Å². The number of hydrogen-bond donors (Lipinski definition) is 2. The number of nitrogens with two attached hydrogens (primary N) is 1. The van der Waals surface area contributed by atoms with Crippen molar-refractivity contribution in [3.8, 4) is 11.5 Å². The predicted octanol–water partition coefficient (Wildman–Crippen LogP) is 4.03. The molecule has 1 aromatic heterocycles. The summed E-state index contributed by atoms with van der Waals surface area (Å²) in [6.07, 6.45) is 0. The molecule has 0 fully saturated rings. The van der Waals surface area contributed by atoms with Gasteiger partial charge in [-0.3, -0.25) is 4.79 Å². The van der Waals surface area contributed by atoms with Crippen molar-refractivity contribution in [1.82, 2.24) is 4.98 Å². The highest BCUT2D eigenvalue weighted by Gasteiger charge is 2.17. The number of H-pyrrole nitrogens is 1. The molecule has 128 valence electrons. The van der Waals surface area contributed by atoms with E-state index in [-0.39, 0.29) is 23.9 Å². The molecule has 0 atom stereocenters. The van der Waals surface area contributed by atoms with E-state index in [4.69, 9.17) is 15.2 Å². The van der Waals surface area contributed by atoms with Gasteiger partial charge in [0.1, 0.15) is 11.5 Å². The van der Waals surface area contributed by atoms with E-state index < -0.39 is 0 Å². The van der Waals surface area contributed by atoms with Gasteiger partial charge in [-0.2, -0.15) is 0 Å². The molecule has 0 bridgehead atoms. The van der Waals surface area contributed by atoms with E-state index in [2.05, 4.69) is 20.9 Å². The van der Waals surface area contributed by atoms with E-state index in [1.165, 1.54) is 30.0 Å². The fourth-order valence-corrected chi connectivity index (χ4v) is 4.31. The van der Waals surface area contributed by atoms with E-state index in [1.54, 1.807) is 0 Å². The van der Waals surface area contributed by atoms with E-state index >= 15 is 0 Å². The zero-order valence-electron chi connectivity index (χ0n) is 12.8. The van der Waals surface area contributed by atoms with Crippen molar-refractivity contribution in [2.45, 2.75) is 10.8 Å². The predicted molar refractivity (Wildman–Crippen MR) is 98.8 cm³/mol. The number of anilines is 1. The van der Waals surface area contributed by atoms with Crippen LogP contribution >= 0.6 is 27.7 Å². The number of pyridine rings is 1. The Morgan fingerprint density at radius 1 is 1.20 bits per heavy atom. The number of thioether (sulfide) groups is 1. The lowest BCUT2D eigenvalue weighted by Gasteiger charge is -2.10. The Kier molecular flexibility index (Phi) is 4.09. The number of halogens is 2. The lowest BCUT2D eigenvalue weighted by molar-refractivity contribution is 0.174. The largest absolute Gasteiger partial charge is 0.454 e. The van der Waals surface area contributed by atoms with Crippen LogP contribution in [-0.2, 0) is 5.75 Å². The maximum absolute atomic E-state index is 13.6. The summed E-state index contributed by atoms with van der Waals surface area (Å²) in [5.41, 5.74) is 6.49. The molecule has 25 heavy (non-hydrogen) atoms. The van der Waals surface area contributed by atoms with Crippen LogP contribution in [0.3, 0.4) is 0 Å². The van der Waals surface area contributed by atoms with Gasteiger partial charge in [0, 0.05) is 21.0 Å². The first kappa shape index (κ1) is 16.3. The number of rotatable bonds is 3. The quantitative estimate of drug-likeness (QED) is 0.622. The summed E-state index contributed by atoms with van der Waals surface area (Å²) in [4.78, 5) is 14.8. The Hall–Kier alpha value is -2.19. The van der Waals surface area contributed by atoms with Crippen molar-refractivity contribution in [2.24, 2.45) is 0 Å². The summed E-state index contributed by atoms with van der Waals surface area (Å²) >= 11 is 4.90. The van der Waals surface area contributed by atoms with E-state index in [0.717, 1.165) is 10.0 Å². The highest BCUT2D eigenvalue weighted by molar-refractivity contribution is 9.10. The van der Waals surface area contributed by atoms with Crippen LogP contribution in [0.2, 0.25) is 0 Å². The Labute approximate surface area is 154 Å². The maximum Gasteiger partial charge on any atom is 0.272 e. The first-order valence-corrected chi connectivity index (χ1v) is 9.12. The summed E-state index contributed by atoms with van der Waals surface area (Å²) in [5.74, 6) is 1.53. The highest BCUT2D eigenvalue weighted by atomic mass is 79.9. The molecule has 0 unspecified atom stereocenters. The van der Waals surface area contributed by atoms with Gasteiger partial charge in [0.2, 0.25) is 6.79 Å². The number of ether oxygens (including phenoxy) is 2. The average molecular weight is 423 g/mol. The molecule has 0 aliphatic carbocycles. The molecule has 2 aromatic carbocycles. The lowest BCUT2D eigenvalue weighted by atomic mass is 10.1. The molecule has 1 aliphatic heterocycles. The molecule has 5 nitrogen and oxygen atoms in total. The Balaban J connectivity index is 1.71. The van der Waals surface area contributed by atoms with Crippen LogP contribution in [0.25, 0.3) is 10.8 Å². The third-order valence-electron chi connectivity index (χ3n) is 3.90. The van der Waals surface area contributed by atoms with Crippen LogP contribution in [0.15, 0.2) is 44.6 Å². The van der Waals surface area contributed by atoms with Gasteiger partial charge in [0.15, 0.2) is 11.5 Å². The number of benzene rings is 2. The number of hydrogen-bond acceptors (Lipinski definition) is 5. The van der Waals surface area contributed by atoms with Gasteiger partial charge in [-0.25, -0.2) is 4.39 Å². The summed E-state index contributed by atoms with van der Waals surface area (Å²) in [7, 11) is 0. The summed E-state index contributed by atoms with van der Waals surface area (Å²) in [6.45, 7) is 0.202. The van der Waals surface area contributed by atoms with E-state index in [9.17, 15) is 9.18 Å². The second-order valence-electron chi connectivity index (χ2n) is 5.47. The second kappa shape index (κ2) is 6.27. The number of nitrogen functional groups attached to an aromatic ring is 1. The second-order valence-corrected chi connectivity index (χ2v) is 7.31. The van der Waals surface area contributed by atoms with Crippen molar-refractivity contribution in [2.75, 3.05) is 12.5 Å². The van der Waals surface area contributed by atoms with Crippen LogP contribution < -0.4 is 20.8 Å².